The average Bonchev–Trinajstić information content (AvgIpc) is 2.38. The van der Waals surface area contributed by atoms with E-state index in [1.807, 2.05) is 30.3 Å². The van der Waals surface area contributed by atoms with Crippen molar-refractivity contribution in [2.75, 3.05) is 14.2 Å². The zero-order chi connectivity index (χ0) is 12.3. The van der Waals surface area contributed by atoms with E-state index >= 15 is 0 Å². The van der Waals surface area contributed by atoms with Crippen molar-refractivity contribution in [2.45, 2.75) is 0 Å². The lowest BCUT2D eigenvalue weighted by molar-refractivity contribution is 0.395. The zero-order valence-corrected chi connectivity index (χ0v) is 10.4. The van der Waals surface area contributed by atoms with Gasteiger partial charge in [0.15, 0.2) is 0 Å². The quantitative estimate of drug-likeness (QED) is 0.781. The maximum Gasteiger partial charge on any atom is 0.136 e. The van der Waals surface area contributed by atoms with E-state index < -0.39 is 0 Å². The molecule has 4 heteroatoms. The predicted octanol–water partition coefficient (Wildman–Crippen LogP) is 3.42. The Bertz CT molecular complexity index is 529. The second kappa shape index (κ2) is 5.06. The molecular weight excluding hydrogens is 238 g/mol. The highest BCUT2D eigenvalue weighted by atomic mass is 35.5. The van der Waals surface area contributed by atoms with Crippen molar-refractivity contribution < 1.29 is 9.47 Å². The minimum atomic E-state index is 0.455. The van der Waals surface area contributed by atoms with E-state index in [-0.39, 0.29) is 0 Å². The summed E-state index contributed by atoms with van der Waals surface area (Å²) in [4.78, 5) is 4.05. The van der Waals surface area contributed by atoms with Crippen LogP contribution < -0.4 is 9.47 Å². The van der Waals surface area contributed by atoms with Crippen LogP contribution in [-0.2, 0) is 0 Å². The second-order valence-electron chi connectivity index (χ2n) is 3.41. The number of ether oxygens (including phenoxy) is 2. The van der Waals surface area contributed by atoms with Crippen LogP contribution in [-0.4, -0.2) is 19.2 Å². The summed E-state index contributed by atoms with van der Waals surface area (Å²) < 4.78 is 10.5. The van der Waals surface area contributed by atoms with Crippen molar-refractivity contribution in [1.82, 2.24) is 4.98 Å². The van der Waals surface area contributed by atoms with Crippen LogP contribution in [0.15, 0.2) is 36.5 Å². The van der Waals surface area contributed by atoms with Gasteiger partial charge in [-0.05, 0) is 24.3 Å². The summed E-state index contributed by atoms with van der Waals surface area (Å²) in [6.07, 6.45) is 1.65. The van der Waals surface area contributed by atoms with E-state index in [0.29, 0.717) is 10.9 Å². The lowest BCUT2D eigenvalue weighted by Gasteiger charge is -2.11. The minimum Gasteiger partial charge on any atom is -0.497 e. The summed E-state index contributed by atoms with van der Waals surface area (Å²) in [5.41, 5.74) is 1.74. The van der Waals surface area contributed by atoms with Gasteiger partial charge in [-0.15, -0.1) is 0 Å². The van der Waals surface area contributed by atoms with Gasteiger partial charge in [-0.3, -0.25) is 0 Å². The first-order chi connectivity index (χ1) is 8.26. The first kappa shape index (κ1) is 11.7. The summed E-state index contributed by atoms with van der Waals surface area (Å²) in [6, 6.07) is 9.32. The lowest BCUT2D eigenvalue weighted by atomic mass is 10.1. The first-order valence-electron chi connectivity index (χ1n) is 5.09. The highest BCUT2D eigenvalue weighted by Gasteiger charge is 2.10. The van der Waals surface area contributed by atoms with Crippen molar-refractivity contribution in [2.24, 2.45) is 0 Å². The first-order valence-corrected chi connectivity index (χ1v) is 5.47. The molecule has 0 saturated carbocycles. The van der Waals surface area contributed by atoms with Crippen LogP contribution in [0.1, 0.15) is 0 Å². The number of hydrogen-bond acceptors (Lipinski definition) is 3. The van der Waals surface area contributed by atoms with Crippen LogP contribution >= 0.6 is 11.6 Å². The van der Waals surface area contributed by atoms with Crippen LogP contribution in [0.25, 0.3) is 11.1 Å². The molecule has 0 aliphatic carbocycles. The van der Waals surface area contributed by atoms with E-state index in [0.717, 1.165) is 16.9 Å². The van der Waals surface area contributed by atoms with Crippen LogP contribution in [0.3, 0.4) is 0 Å². The third-order valence-electron chi connectivity index (χ3n) is 2.46. The van der Waals surface area contributed by atoms with Gasteiger partial charge in [-0.25, -0.2) is 4.98 Å². The Kier molecular flexibility index (Phi) is 3.49. The molecule has 2 aromatic rings. The summed E-state index contributed by atoms with van der Waals surface area (Å²) in [5.74, 6) is 1.45. The molecule has 3 nitrogen and oxygen atoms in total. The SMILES string of the molecule is COc1ccc(-c2cccnc2Cl)c(OC)c1. The Morgan fingerprint density at radius 2 is 1.88 bits per heavy atom. The molecule has 0 fully saturated rings. The molecule has 1 heterocycles. The Morgan fingerprint density at radius 1 is 1.06 bits per heavy atom. The normalized spacial score (nSPS) is 10.1. The molecule has 0 radical (unpaired) electrons. The number of halogens is 1. The molecule has 88 valence electrons. The fraction of sp³-hybridized carbons (Fsp3) is 0.154. The van der Waals surface area contributed by atoms with E-state index in [1.54, 1.807) is 20.4 Å². The topological polar surface area (TPSA) is 31.4 Å². The lowest BCUT2D eigenvalue weighted by Crippen LogP contribution is -1.91. The molecular formula is C13H12ClNO2. The zero-order valence-electron chi connectivity index (χ0n) is 9.61. The van der Waals surface area contributed by atoms with Crippen LogP contribution in [0.5, 0.6) is 11.5 Å². The van der Waals surface area contributed by atoms with Gasteiger partial charge < -0.3 is 9.47 Å². The maximum absolute atomic E-state index is 6.06. The third kappa shape index (κ3) is 2.34. The predicted molar refractivity (Wildman–Crippen MR) is 67.8 cm³/mol. The molecule has 17 heavy (non-hydrogen) atoms. The molecule has 2 rings (SSSR count). The summed E-state index contributed by atoms with van der Waals surface area (Å²) in [5, 5.41) is 0.455. The summed E-state index contributed by atoms with van der Waals surface area (Å²) in [7, 11) is 3.23. The van der Waals surface area contributed by atoms with Gasteiger partial charge in [0.2, 0.25) is 0 Å². The number of rotatable bonds is 3. The minimum absolute atomic E-state index is 0.455. The number of methoxy groups -OCH3 is 2. The Labute approximate surface area is 105 Å². The Balaban J connectivity index is 2.56. The van der Waals surface area contributed by atoms with Gasteiger partial charge >= 0.3 is 0 Å². The van der Waals surface area contributed by atoms with Crippen LogP contribution in [0, 0.1) is 0 Å². The summed E-state index contributed by atoms with van der Waals surface area (Å²) in [6.45, 7) is 0. The molecule has 0 saturated heterocycles. The Morgan fingerprint density at radius 3 is 2.53 bits per heavy atom. The van der Waals surface area contributed by atoms with Gasteiger partial charge in [0.05, 0.1) is 14.2 Å². The number of nitrogens with zero attached hydrogens (tertiary/aromatic N) is 1. The fourth-order valence-electron chi connectivity index (χ4n) is 1.61. The molecule has 0 spiro atoms. The van der Waals surface area contributed by atoms with Crippen molar-refractivity contribution in [3.63, 3.8) is 0 Å². The van der Waals surface area contributed by atoms with Crippen molar-refractivity contribution in [1.29, 1.82) is 0 Å². The highest BCUT2D eigenvalue weighted by molar-refractivity contribution is 6.32. The monoisotopic (exact) mass is 249 g/mol. The maximum atomic E-state index is 6.06. The molecule has 0 amide bonds. The molecule has 0 aliphatic heterocycles. The van der Waals surface area contributed by atoms with Crippen LogP contribution in [0.2, 0.25) is 5.15 Å². The third-order valence-corrected chi connectivity index (χ3v) is 2.76. The van der Waals surface area contributed by atoms with Gasteiger partial charge in [0, 0.05) is 23.4 Å². The molecule has 1 aromatic carbocycles. The molecule has 0 aliphatic rings. The molecule has 1 aromatic heterocycles. The number of aromatic nitrogens is 1. The van der Waals surface area contributed by atoms with Gasteiger partial charge in [-0.1, -0.05) is 11.6 Å². The number of benzene rings is 1. The van der Waals surface area contributed by atoms with E-state index in [9.17, 15) is 0 Å². The smallest absolute Gasteiger partial charge is 0.136 e. The standard InChI is InChI=1S/C13H12ClNO2/c1-16-9-5-6-10(12(8-9)17-2)11-4-3-7-15-13(11)14/h3-8H,1-2H3. The number of pyridine rings is 1. The number of hydrogen-bond donors (Lipinski definition) is 0. The van der Waals surface area contributed by atoms with Crippen LogP contribution in [0.4, 0.5) is 0 Å². The fourth-order valence-corrected chi connectivity index (χ4v) is 1.83. The van der Waals surface area contributed by atoms with Crippen molar-refractivity contribution in [3.05, 3.63) is 41.7 Å². The Hall–Kier alpha value is -1.74. The van der Waals surface area contributed by atoms with Crippen molar-refractivity contribution >= 4 is 11.6 Å². The molecule has 0 bridgehead atoms. The van der Waals surface area contributed by atoms with E-state index in [2.05, 4.69) is 4.98 Å². The average molecular weight is 250 g/mol. The van der Waals surface area contributed by atoms with Gasteiger partial charge in [0.25, 0.3) is 0 Å². The van der Waals surface area contributed by atoms with E-state index in [1.165, 1.54) is 0 Å². The van der Waals surface area contributed by atoms with E-state index in [4.69, 9.17) is 21.1 Å². The van der Waals surface area contributed by atoms with Gasteiger partial charge in [0.1, 0.15) is 16.7 Å². The highest BCUT2D eigenvalue weighted by Crippen LogP contribution is 2.35. The molecule has 0 N–H and O–H groups in total. The largest absolute Gasteiger partial charge is 0.497 e. The molecule has 0 atom stereocenters. The molecule has 0 unspecified atom stereocenters. The van der Waals surface area contributed by atoms with Crippen molar-refractivity contribution in [3.8, 4) is 22.6 Å². The second-order valence-corrected chi connectivity index (χ2v) is 3.77. The van der Waals surface area contributed by atoms with Gasteiger partial charge in [-0.2, -0.15) is 0 Å². The summed E-state index contributed by atoms with van der Waals surface area (Å²) >= 11 is 6.06.